The van der Waals surface area contributed by atoms with Gasteiger partial charge in [-0.1, -0.05) is 25.1 Å². The van der Waals surface area contributed by atoms with Crippen LogP contribution in [0.3, 0.4) is 0 Å². The van der Waals surface area contributed by atoms with Crippen molar-refractivity contribution in [3.8, 4) is 0 Å². The van der Waals surface area contributed by atoms with Crippen molar-refractivity contribution in [2.75, 3.05) is 51.2 Å². The standard InChI is InChI=1S/C25H35N7.HI/c1-3-30-15-17-32(18-16-30)24-19-21(9-12-27-24)20-29-25(26-2)28-11-6-13-31-14-10-22-7-4-5-8-23(22)31;/h4-5,7-10,12,14,19H,3,6,11,13,15-18,20H2,1-2H3,(H2,26,28,29);1H. The molecule has 2 N–H and O–H groups in total. The number of guanidine groups is 1. The molecule has 0 unspecified atom stereocenters. The highest BCUT2D eigenvalue weighted by Crippen LogP contribution is 2.16. The molecule has 4 rings (SSSR count). The third-order valence-corrected chi connectivity index (χ3v) is 6.19. The van der Waals surface area contributed by atoms with Gasteiger partial charge in [0.2, 0.25) is 0 Å². The molecule has 2 aromatic heterocycles. The van der Waals surface area contributed by atoms with Crippen molar-refractivity contribution < 1.29 is 0 Å². The van der Waals surface area contributed by atoms with E-state index in [0.29, 0.717) is 0 Å². The molecule has 0 aliphatic carbocycles. The van der Waals surface area contributed by atoms with Crippen LogP contribution in [0.5, 0.6) is 0 Å². The molecule has 0 bridgehead atoms. The Bertz CT molecular complexity index is 1020. The fourth-order valence-corrected chi connectivity index (χ4v) is 4.23. The number of rotatable bonds is 8. The summed E-state index contributed by atoms with van der Waals surface area (Å²) in [6, 6.07) is 15.0. The SMILES string of the molecule is CCN1CCN(c2cc(CNC(=NC)NCCCn3ccc4ccccc43)ccn2)CC1.I. The van der Waals surface area contributed by atoms with Crippen LogP contribution in [-0.2, 0) is 13.1 Å². The molecule has 1 aliphatic rings. The van der Waals surface area contributed by atoms with Gasteiger partial charge in [0.1, 0.15) is 5.82 Å². The summed E-state index contributed by atoms with van der Waals surface area (Å²) in [4.78, 5) is 13.8. The maximum absolute atomic E-state index is 4.60. The lowest BCUT2D eigenvalue weighted by molar-refractivity contribution is 0.270. The number of hydrogen-bond donors (Lipinski definition) is 2. The number of anilines is 1. The first-order chi connectivity index (χ1) is 15.8. The Balaban J connectivity index is 0.00000306. The Morgan fingerprint density at radius 2 is 1.88 bits per heavy atom. The van der Waals surface area contributed by atoms with Crippen LogP contribution in [-0.4, -0.2) is 66.7 Å². The molecule has 0 atom stereocenters. The summed E-state index contributed by atoms with van der Waals surface area (Å²) >= 11 is 0. The summed E-state index contributed by atoms with van der Waals surface area (Å²) in [5.74, 6) is 1.90. The number of benzene rings is 1. The number of pyridine rings is 1. The monoisotopic (exact) mass is 561 g/mol. The maximum atomic E-state index is 4.60. The average Bonchev–Trinajstić information content (AvgIpc) is 3.27. The van der Waals surface area contributed by atoms with E-state index in [0.717, 1.165) is 70.6 Å². The lowest BCUT2D eigenvalue weighted by atomic mass is 10.2. The van der Waals surface area contributed by atoms with Crippen LogP contribution in [0, 0.1) is 0 Å². The van der Waals surface area contributed by atoms with E-state index in [1.807, 2.05) is 13.2 Å². The zero-order chi connectivity index (χ0) is 22.2. The van der Waals surface area contributed by atoms with Crippen molar-refractivity contribution in [1.82, 2.24) is 25.1 Å². The van der Waals surface area contributed by atoms with Crippen LogP contribution in [0.4, 0.5) is 5.82 Å². The van der Waals surface area contributed by atoms with Gasteiger partial charge in [0, 0.05) is 70.8 Å². The van der Waals surface area contributed by atoms with E-state index in [1.54, 1.807) is 0 Å². The van der Waals surface area contributed by atoms with Crippen LogP contribution >= 0.6 is 24.0 Å². The van der Waals surface area contributed by atoms with Crippen LogP contribution in [0.15, 0.2) is 59.9 Å². The van der Waals surface area contributed by atoms with Gasteiger partial charge in [-0.2, -0.15) is 0 Å². The topological polar surface area (TPSA) is 60.7 Å². The van der Waals surface area contributed by atoms with Crippen molar-refractivity contribution in [1.29, 1.82) is 0 Å². The van der Waals surface area contributed by atoms with Crippen molar-refractivity contribution in [2.45, 2.75) is 26.4 Å². The van der Waals surface area contributed by atoms with Gasteiger partial charge in [0.25, 0.3) is 0 Å². The lowest BCUT2D eigenvalue weighted by Gasteiger charge is -2.34. The zero-order valence-corrected chi connectivity index (χ0v) is 22.0. The number of nitrogens with one attached hydrogen (secondary N) is 2. The number of nitrogens with zero attached hydrogens (tertiary/aromatic N) is 5. The summed E-state index contributed by atoms with van der Waals surface area (Å²) in [5, 5.41) is 8.16. The van der Waals surface area contributed by atoms with Crippen molar-refractivity contribution >= 4 is 46.7 Å². The highest BCUT2D eigenvalue weighted by atomic mass is 127. The maximum Gasteiger partial charge on any atom is 0.191 e. The molecular weight excluding hydrogens is 525 g/mol. The van der Waals surface area contributed by atoms with Crippen LogP contribution in [0.25, 0.3) is 10.9 Å². The number of hydrogen-bond acceptors (Lipinski definition) is 4. The second-order valence-corrected chi connectivity index (χ2v) is 8.22. The molecule has 1 aromatic carbocycles. The smallest absolute Gasteiger partial charge is 0.191 e. The molecular formula is C25H36IN7. The van der Waals surface area contributed by atoms with E-state index in [2.05, 4.69) is 90.6 Å². The van der Waals surface area contributed by atoms with Crippen molar-refractivity contribution in [2.24, 2.45) is 4.99 Å². The summed E-state index contributed by atoms with van der Waals surface area (Å²) in [5.41, 5.74) is 2.51. The van der Waals surface area contributed by atoms with Gasteiger partial charge in [-0.25, -0.2) is 4.98 Å². The molecule has 1 aliphatic heterocycles. The Morgan fingerprint density at radius 3 is 2.67 bits per heavy atom. The first kappa shape index (κ1) is 25.3. The second kappa shape index (κ2) is 12.8. The van der Waals surface area contributed by atoms with Crippen LogP contribution in [0.1, 0.15) is 18.9 Å². The van der Waals surface area contributed by atoms with E-state index in [1.165, 1.54) is 16.5 Å². The fraction of sp³-hybridized carbons (Fsp3) is 0.440. The number of aryl methyl sites for hydroxylation is 1. The molecule has 0 amide bonds. The highest BCUT2D eigenvalue weighted by molar-refractivity contribution is 14.0. The van der Waals surface area contributed by atoms with Crippen LogP contribution < -0.4 is 15.5 Å². The molecule has 0 saturated carbocycles. The Kier molecular flexibility index (Phi) is 9.80. The number of fused-ring (bicyclic) bond motifs is 1. The minimum absolute atomic E-state index is 0. The highest BCUT2D eigenvalue weighted by Gasteiger charge is 2.16. The number of para-hydroxylation sites is 1. The van der Waals surface area contributed by atoms with E-state index >= 15 is 0 Å². The number of halogens is 1. The average molecular weight is 562 g/mol. The minimum Gasteiger partial charge on any atom is -0.356 e. The van der Waals surface area contributed by atoms with Gasteiger partial charge in [0.15, 0.2) is 5.96 Å². The van der Waals surface area contributed by atoms with Crippen molar-refractivity contribution in [3.05, 3.63) is 60.4 Å². The number of aliphatic imine (C=N–C) groups is 1. The van der Waals surface area contributed by atoms with Crippen molar-refractivity contribution in [3.63, 3.8) is 0 Å². The fourth-order valence-electron chi connectivity index (χ4n) is 4.23. The summed E-state index contributed by atoms with van der Waals surface area (Å²) in [6.45, 7) is 10.2. The molecule has 3 aromatic rings. The van der Waals surface area contributed by atoms with Crippen LogP contribution in [0.2, 0.25) is 0 Å². The Hall–Kier alpha value is -2.33. The molecule has 1 fully saturated rings. The normalized spacial score (nSPS) is 14.8. The third-order valence-electron chi connectivity index (χ3n) is 6.19. The van der Waals surface area contributed by atoms with Gasteiger partial charge < -0.3 is 25.0 Å². The predicted molar refractivity (Wildman–Crippen MR) is 149 cm³/mol. The predicted octanol–water partition coefficient (Wildman–Crippen LogP) is 3.55. The third kappa shape index (κ3) is 6.83. The van der Waals surface area contributed by atoms with E-state index in [-0.39, 0.29) is 24.0 Å². The van der Waals surface area contributed by atoms with E-state index in [4.69, 9.17) is 0 Å². The minimum atomic E-state index is 0. The molecule has 1 saturated heterocycles. The molecule has 0 spiro atoms. The molecule has 178 valence electrons. The first-order valence-corrected chi connectivity index (χ1v) is 11.7. The summed E-state index contributed by atoms with van der Waals surface area (Å²) in [6.07, 6.45) is 5.11. The number of aromatic nitrogens is 2. The summed E-state index contributed by atoms with van der Waals surface area (Å²) in [7, 11) is 1.82. The number of likely N-dealkylation sites (N-methyl/N-ethyl adjacent to an activating group) is 1. The molecule has 8 heteroatoms. The van der Waals surface area contributed by atoms with Gasteiger partial charge in [0.05, 0.1) is 0 Å². The largest absolute Gasteiger partial charge is 0.356 e. The van der Waals surface area contributed by atoms with E-state index in [9.17, 15) is 0 Å². The second-order valence-electron chi connectivity index (χ2n) is 8.22. The lowest BCUT2D eigenvalue weighted by Crippen LogP contribution is -2.46. The molecule has 33 heavy (non-hydrogen) atoms. The summed E-state index contributed by atoms with van der Waals surface area (Å²) < 4.78 is 2.31. The Labute approximate surface area is 214 Å². The molecule has 3 heterocycles. The van der Waals surface area contributed by atoms with Gasteiger partial charge in [-0.05, 0) is 48.2 Å². The quantitative estimate of drug-likeness (QED) is 0.191. The van der Waals surface area contributed by atoms with Gasteiger partial charge in [-0.3, -0.25) is 4.99 Å². The number of piperazine rings is 1. The van der Waals surface area contributed by atoms with Gasteiger partial charge in [-0.15, -0.1) is 24.0 Å². The first-order valence-electron chi connectivity index (χ1n) is 11.7. The zero-order valence-electron chi connectivity index (χ0n) is 19.7. The molecule has 0 radical (unpaired) electrons. The van der Waals surface area contributed by atoms with Gasteiger partial charge >= 0.3 is 0 Å². The molecule has 7 nitrogen and oxygen atoms in total. The van der Waals surface area contributed by atoms with E-state index < -0.39 is 0 Å². The Morgan fingerprint density at radius 1 is 1.06 bits per heavy atom.